The molecule has 1 saturated heterocycles. The van der Waals surface area contributed by atoms with Crippen LogP contribution in [0.5, 0.6) is 0 Å². The molecule has 0 aromatic heterocycles. The van der Waals surface area contributed by atoms with Gasteiger partial charge in [0, 0.05) is 30.9 Å². The van der Waals surface area contributed by atoms with E-state index in [1.54, 1.807) is 6.07 Å². The van der Waals surface area contributed by atoms with E-state index in [1.807, 2.05) is 0 Å². The molecule has 2 unspecified atom stereocenters. The summed E-state index contributed by atoms with van der Waals surface area (Å²) in [5, 5.41) is 20.0. The first-order valence-corrected chi connectivity index (χ1v) is 7.78. The predicted molar refractivity (Wildman–Crippen MR) is 82.1 cm³/mol. The van der Waals surface area contributed by atoms with E-state index in [0.29, 0.717) is 17.4 Å². The van der Waals surface area contributed by atoms with E-state index in [4.69, 9.17) is 5.11 Å². The summed E-state index contributed by atoms with van der Waals surface area (Å²) >= 11 is 0. The van der Waals surface area contributed by atoms with Crippen LogP contribution in [0.15, 0.2) is 18.2 Å². The highest BCUT2D eigenvalue weighted by Crippen LogP contribution is 2.39. The van der Waals surface area contributed by atoms with Crippen molar-refractivity contribution in [3.63, 3.8) is 0 Å². The minimum atomic E-state index is -0.960. The lowest BCUT2D eigenvalue weighted by atomic mass is 9.82. The van der Waals surface area contributed by atoms with Crippen LogP contribution in [0.3, 0.4) is 0 Å². The fourth-order valence-corrected chi connectivity index (χ4v) is 3.90. The van der Waals surface area contributed by atoms with Gasteiger partial charge in [-0.15, -0.1) is 0 Å². The van der Waals surface area contributed by atoms with Crippen molar-refractivity contribution in [1.29, 1.82) is 0 Å². The third-order valence-corrected chi connectivity index (χ3v) is 4.93. The molecule has 3 rings (SSSR count). The first-order valence-electron chi connectivity index (χ1n) is 7.78. The fraction of sp³-hybridized carbons (Fsp3) is 0.562. The van der Waals surface area contributed by atoms with Crippen LogP contribution in [0, 0.1) is 22.0 Å². The topological polar surface area (TPSA) is 83.7 Å². The molecule has 6 heteroatoms. The van der Waals surface area contributed by atoms with E-state index in [0.717, 1.165) is 18.8 Å². The van der Waals surface area contributed by atoms with Gasteiger partial charge in [-0.1, -0.05) is 12.8 Å². The van der Waals surface area contributed by atoms with Crippen molar-refractivity contribution in [1.82, 2.24) is 0 Å². The molecular weight excluding hydrogens is 284 g/mol. The van der Waals surface area contributed by atoms with E-state index in [1.165, 1.54) is 37.8 Å². The van der Waals surface area contributed by atoms with Gasteiger partial charge in [0.1, 0.15) is 0 Å². The van der Waals surface area contributed by atoms with Crippen molar-refractivity contribution < 1.29 is 14.8 Å². The molecule has 0 radical (unpaired) electrons. The largest absolute Gasteiger partial charge is 0.481 e. The zero-order valence-electron chi connectivity index (χ0n) is 12.4. The van der Waals surface area contributed by atoms with Crippen LogP contribution in [0.25, 0.3) is 0 Å². The Morgan fingerprint density at radius 1 is 1.27 bits per heavy atom. The quantitative estimate of drug-likeness (QED) is 0.683. The molecule has 1 aliphatic heterocycles. The predicted octanol–water partition coefficient (Wildman–Crippen LogP) is 2.85. The van der Waals surface area contributed by atoms with Crippen molar-refractivity contribution in [2.75, 3.05) is 18.0 Å². The highest BCUT2D eigenvalue weighted by molar-refractivity contribution is 5.74. The molecule has 1 aromatic rings. The number of fused-ring (bicyclic) bond motifs is 1. The molecule has 1 aliphatic carbocycles. The standard InChI is InChI=1S/C16H20N2O4/c19-16(20)8-13-7-14(18(21)22)5-6-15(13)17-9-11-3-1-2-4-12(11)10-17/h5-7,11-12H,1-4,8-10H2,(H,19,20). The van der Waals surface area contributed by atoms with Crippen molar-refractivity contribution >= 4 is 17.3 Å². The molecule has 0 bridgehead atoms. The molecule has 1 aromatic carbocycles. The number of nitro groups is 1. The Bertz CT molecular complexity index is 588. The second-order valence-corrected chi connectivity index (χ2v) is 6.35. The summed E-state index contributed by atoms with van der Waals surface area (Å²) < 4.78 is 0. The molecule has 118 valence electrons. The summed E-state index contributed by atoms with van der Waals surface area (Å²) in [6.45, 7) is 1.88. The van der Waals surface area contributed by atoms with Gasteiger partial charge in [0.15, 0.2) is 0 Å². The van der Waals surface area contributed by atoms with Crippen molar-refractivity contribution in [3.05, 3.63) is 33.9 Å². The van der Waals surface area contributed by atoms with Crippen LogP contribution in [0.1, 0.15) is 31.2 Å². The number of non-ortho nitro benzene ring substituents is 1. The maximum atomic E-state index is 11.1. The summed E-state index contributed by atoms with van der Waals surface area (Å²) in [5.74, 6) is 0.404. The Kier molecular flexibility index (Phi) is 4.00. The molecule has 2 atom stereocenters. The van der Waals surface area contributed by atoms with E-state index in [9.17, 15) is 14.9 Å². The van der Waals surface area contributed by atoms with Crippen LogP contribution in [-0.2, 0) is 11.2 Å². The number of nitro benzene ring substituents is 1. The SMILES string of the molecule is O=C(O)Cc1cc([N+](=O)[O-])ccc1N1CC2CCCCC2C1. The number of carboxylic acids is 1. The zero-order valence-corrected chi connectivity index (χ0v) is 12.4. The lowest BCUT2D eigenvalue weighted by Crippen LogP contribution is -2.22. The summed E-state index contributed by atoms with van der Waals surface area (Å²) in [6.07, 6.45) is 4.85. The average molecular weight is 304 g/mol. The number of rotatable bonds is 4. The van der Waals surface area contributed by atoms with Gasteiger partial charge in [0.25, 0.3) is 5.69 Å². The third-order valence-electron chi connectivity index (χ3n) is 4.93. The van der Waals surface area contributed by atoms with Crippen LogP contribution in [-0.4, -0.2) is 29.1 Å². The molecule has 0 amide bonds. The highest BCUT2D eigenvalue weighted by Gasteiger charge is 2.35. The maximum absolute atomic E-state index is 11.1. The molecule has 1 N–H and O–H groups in total. The Morgan fingerprint density at radius 2 is 1.91 bits per heavy atom. The Balaban J connectivity index is 1.88. The Morgan fingerprint density at radius 3 is 2.45 bits per heavy atom. The summed E-state index contributed by atoms with van der Waals surface area (Å²) in [6, 6.07) is 4.60. The maximum Gasteiger partial charge on any atom is 0.307 e. The molecule has 6 nitrogen and oxygen atoms in total. The lowest BCUT2D eigenvalue weighted by Gasteiger charge is -2.22. The van der Waals surface area contributed by atoms with Gasteiger partial charge >= 0.3 is 5.97 Å². The van der Waals surface area contributed by atoms with Crippen molar-refractivity contribution in [2.24, 2.45) is 11.8 Å². The first-order chi connectivity index (χ1) is 10.5. The summed E-state index contributed by atoms with van der Waals surface area (Å²) in [4.78, 5) is 23.8. The molecular formula is C16H20N2O4. The molecule has 2 fully saturated rings. The number of nitrogens with zero attached hydrogens (tertiary/aromatic N) is 2. The average Bonchev–Trinajstić information content (AvgIpc) is 2.90. The van der Waals surface area contributed by atoms with E-state index >= 15 is 0 Å². The van der Waals surface area contributed by atoms with E-state index in [2.05, 4.69) is 4.90 Å². The van der Waals surface area contributed by atoms with Crippen LogP contribution in [0.2, 0.25) is 0 Å². The smallest absolute Gasteiger partial charge is 0.307 e. The van der Waals surface area contributed by atoms with Gasteiger partial charge in [0.2, 0.25) is 0 Å². The zero-order chi connectivity index (χ0) is 15.7. The number of aliphatic carboxylic acids is 1. The van der Waals surface area contributed by atoms with Gasteiger partial charge in [-0.05, 0) is 36.3 Å². The monoisotopic (exact) mass is 304 g/mol. The Labute approximate surface area is 128 Å². The van der Waals surface area contributed by atoms with Gasteiger partial charge in [-0.2, -0.15) is 0 Å². The van der Waals surface area contributed by atoms with Crippen molar-refractivity contribution in [2.45, 2.75) is 32.1 Å². The second kappa shape index (κ2) is 5.94. The number of carboxylic acid groups (broad SMARTS) is 1. The molecule has 0 spiro atoms. The number of hydrogen-bond donors (Lipinski definition) is 1. The van der Waals surface area contributed by atoms with Crippen LogP contribution < -0.4 is 4.90 Å². The molecule has 1 heterocycles. The van der Waals surface area contributed by atoms with Gasteiger partial charge in [-0.3, -0.25) is 14.9 Å². The first kappa shape index (κ1) is 14.8. The van der Waals surface area contributed by atoms with Gasteiger partial charge < -0.3 is 10.0 Å². The van der Waals surface area contributed by atoms with E-state index in [-0.39, 0.29) is 12.1 Å². The normalized spacial score (nSPS) is 24.1. The number of anilines is 1. The lowest BCUT2D eigenvalue weighted by molar-refractivity contribution is -0.384. The highest BCUT2D eigenvalue weighted by atomic mass is 16.6. The minimum absolute atomic E-state index is 0.0448. The molecule has 22 heavy (non-hydrogen) atoms. The number of carbonyl (C=O) groups is 1. The van der Waals surface area contributed by atoms with Crippen LogP contribution >= 0.6 is 0 Å². The van der Waals surface area contributed by atoms with Gasteiger partial charge in [0.05, 0.1) is 11.3 Å². The van der Waals surface area contributed by atoms with E-state index < -0.39 is 10.9 Å². The summed E-state index contributed by atoms with van der Waals surface area (Å²) in [7, 11) is 0. The second-order valence-electron chi connectivity index (χ2n) is 6.35. The minimum Gasteiger partial charge on any atom is -0.481 e. The summed E-state index contributed by atoms with van der Waals surface area (Å²) in [5.41, 5.74) is 1.35. The fourth-order valence-electron chi connectivity index (χ4n) is 3.90. The van der Waals surface area contributed by atoms with Crippen molar-refractivity contribution in [3.8, 4) is 0 Å². The Hall–Kier alpha value is -2.11. The van der Waals surface area contributed by atoms with Crippen LogP contribution in [0.4, 0.5) is 11.4 Å². The third kappa shape index (κ3) is 2.91. The number of hydrogen-bond acceptors (Lipinski definition) is 4. The number of benzene rings is 1. The van der Waals surface area contributed by atoms with Gasteiger partial charge in [-0.25, -0.2) is 0 Å². The molecule has 2 aliphatic rings. The molecule has 1 saturated carbocycles.